The van der Waals surface area contributed by atoms with Gasteiger partial charge in [0.2, 0.25) is 5.96 Å². The van der Waals surface area contributed by atoms with Crippen LogP contribution in [0.25, 0.3) is 0 Å². The standard InChI is InChI=1S/C15H14FN3O2S/c16-12-7-5-11(6-8-12)9-10-17-15-18-13-3-1-2-4-14(13)22(20,21)19-15/h1-8H,9-10H2,(H2,17,18,19). The minimum Gasteiger partial charge on any atom is -0.324 e. The van der Waals surface area contributed by atoms with E-state index in [1.54, 1.807) is 30.3 Å². The third kappa shape index (κ3) is 3.09. The number of nitrogens with zero attached hydrogens (tertiary/aromatic N) is 1. The number of aliphatic imine (C=N–C) groups is 1. The Morgan fingerprint density at radius 2 is 1.77 bits per heavy atom. The molecule has 0 bridgehead atoms. The van der Waals surface area contributed by atoms with Crippen molar-refractivity contribution in [3.63, 3.8) is 0 Å². The maximum absolute atomic E-state index is 12.8. The van der Waals surface area contributed by atoms with Gasteiger partial charge in [-0.15, -0.1) is 0 Å². The van der Waals surface area contributed by atoms with Crippen molar-refractivity contribution >= 4 is 21.7 Å². The molecule has 2 N–H and O–H groups in total. The van der Waals surface area contributed by atoms with Gasteiger partial charge in [-0.25, -0.2) is 17.5 Å². The van der Waals surface area contributed by atoms with Crippen LogP contribution in [0, 0.1) is 5.82 Å². The van der Waals surface area contributed by atoms with Gasteiger partial charge >= 0.3 is 0 Å². The topological polar surface area (TPSA) is 70.6 Å². The Bertz CT molecular complexity index is 817. The molecule has 0 aromatic heterocycles. The van der Waals surface area contributed by atoms with Crippen LogP contribution in [-0.2, 0) is 16.4 Å². The third-order valence-electron chi connectivity index (χ3n) is 3.24. The number of anilines is 1. The van der Waals surface area contributed by atoms with Gasteiger partial charge in [-0.1, -0.05) is 24.3 Å². The molecule has 3 rings (SSSR count). The van der Waals surface area contributed by atoms with E-state index in [0.29, 0.717) is 18.7 Å². The van der Waals surface area contributed by atoms with Crippen molar-refractivity contribution in [3.05, 3.63) is 59.9 Å². The number of halogens is 1. The zero-order valence-electron chi connectivity index (χ0n) is 11.6. The minimum absolute atomic E-state index is 0.195. The monoisotopic (exact) mass is 319 g/mol. The maximum Gasteiger partial charge on any atom is 0.266 e. The Kier molecular flexibility index (Phi) is 3.81. The maximum atomic E-state index is 12.8. The summed E-state index contributed by atoms with van der Waals surface area (Å²) in [5.74, 6) is -0.0887. The molecule has 1 heterocycles. The molecule has 0 saturated heterocycles. The Morgan fingerprint density at radius 1 is 1.05 bits per heavy atom. The molecule has 0 amide bonds. The summed E-state index contributed by atoms with van der Waals surface area (Å²) >= 11 is 0. The number of nitrogens with one attached hydrogen (secondary N) is 2. The van der Waals surface area contributed by atoms with Crippen molar-refractivity contribution < 1.29 is 12.8 Å². The van der Waals surface area contributed by atoms with E-state index in [-0.39, 0.29) is 16.7 Å². The lowest BCUT2D eigenvalue weighted by Gasteiger charge is -2.21. The van der Waals surface area contributed by atoms with E-state index >= 15 is 0 Å². The molecular weight excluding hydrogens is 305 g/mol. The molecule has 7 heteroatoms. The minimum atomic E-state index is -3.58. The van der Waals surface area contributed by atoms with Crippen molar-refractivity contribution in [3.8, 4) is 0 Å². The molecule has 114 valence electrons. The molecule has 0 spiro atoms. The van der Waals surface area contributed by atoms with Gasteiger partial charge in [-0.3, -0.25) is 4.99 Å². The van der Waals surface area contributed by atoms with Gasteiger partial charge in [0.05, 0.1) is 5.69 Å². The van der Waals surface area contributed by atoms with E-state index in [1.807, 2.05) is 0 Å². The van der Waals surface area contributed by atoms with E-state index in [2.05, 4.69) is 15.0 Å². The molecule has 22 heavy (non-hydrogen) atoms. The van der Waals surface area contributed by atoms with Crippen LogP contribution in [-0.4, -0.2) is 20.9 Å². The summed E-state index contributed by atoms with van der Waals surface area (Å²) in [5, 5.41) is 2.95. The Balaban J connectivity index is 1.72. The van der Waals surface area contributed by atoms with E-state index in [0.717, 1.165) is 5.56 Å². The molecule has 5 nitrogen and oxygen atoms in total. The SMILES string of the molecule is O=S1(=O)NC(=NCCc2ccc(F)cc2)Nc2ccccc21. The summed E-state index contributed by atoms with van der Waals surface area (Å²) in [6.07, 6.45) is 0.592. The normalized spacial score (nSPS) is 17.4. The van der Waals surface area contributed by atoms with Gasteiger partial charge in [0.15, 0.2) is 0 Å². The number of sulfonamides is 1. The Hall–Kier alpha value is -2.41. The number of benzene rings is 2. The summed E-state index contributed by atoms with van der Waals surface area (Å²) in [6.45, 7) is 0.388. The lowest BCUT2D eigenvalue weighted by atomic mass is 10.1. The molecule has 0 saturated carbocycles. The van der Waals surface area contributed by atoms with Crippen molar-refractivity contribution in [2.24, 2.45) is 4.99 Å². The van der Waals surface area contributed by atoms with E-state index in [1.165, 1.54) is 18.2 Å². The van der Waals surface area contributed by atoms with Crippen LogP contribution in [0.1, 0.15) is 5.56 Å². The fourth-order valence-electron chi connectivity index (χ4n) is 2.16. The van der Waals surface area contributed by atoms with Gasteiger partial charge in [0.25, 0.3) is 10.0 Å². The lowest BCUT2D eigenvalue weighted by Crippen LogP contribution is -2.40. The van der Waals surface area contributed by atoms with Gasteiger partial charge in [-0.2, -0.15) is 0 Å². The summed E-state index contributed by atoms with van der Waals surface area (Å²) in [6, 6.07) is 12.8. The van der Waals surface area contributed by atoms with Gasteiger partial charge in [0.1, 0.15) is 10.7 Å². The zero-order chi connectivity index (χ0) is 15.6. The molecule has 0 aliphatic carbocycles. The highest BCUT2D eigenvalue weighted by Crippen LogP contribution is 2.23. The largest absolute Gasteiger partial charge is 0.324 e. The Morgan fingerprint density at radius 3 is 2.55 bits per heavy atom. The fraction of sp³-hybridized carbons (Fsp3) is 0.133. The second kappa shape index (κ2) is 5.76. The molecule has 2 aromatic rings. The fourth-order valence-corrected chi connectivity index (χ4v) is 3.31. The van der Waals surface area contributed by atoms with Crippen molar-refractivity contribution in [2.75, 3.05) is 11.9 Å². The molecule has 0 atom stereocenters. The molecule has 2 aromatic carbocycles. The predicted molar refractivity (Wildman–Crippen MR) is 82.8 cm³/mol. The van der Waals surface area contributed by atoms with Crippen LogP contribution < -0.4 is 10.0 Å². The van der Waals surface area contributed by atoms with Crippen LogP contribution in [0.5, 0.6) is 0 Å². The lowest BCUT2D eigenvalue weighted by molar-refractivity contribution is 0.591. The smallest absolute Gasteiger partial charge is 0.266 e. The summed E-state index contributed by atoms with van der Waals surface area (Å²) in [5.41, 5.74) is 1.44. The summed E-state index contributed by atoms with van der Waals surface area (Å²) in [7, 11) is -3.58. The van der Waals surface area contributed by atoms with Crippen molar-refractivity contribution in [1.82, 2.24) is 4.72 Å². The highest BCUT2D eigenvalue weighted by molar-refractivity contribution is 7.90. The average molecular weight is 319 g/mol. The number of hydrogen-bond acceptors (Lipinski definition) is 3. The summed E-state index contributed by atoms with van der Waals surface area (Å²) < 4.78 is 39.4. The Labute approximate surface area is 127 Å². The number of fused-ring (bicyclic) bond motifs is 1. The third-order valence-corrected chi connectivity index (χ3v) is 4.64. The van der Waals surface area contributed by atoms with Crippen LogP contribution in [0.2, 0.25) is 0 Å². The molecule has 1 aliphatic rings. The first kappa shape index (κ1) is 14.5. The van der Waals surface area contributed by atoms with E-state index < -0.39 is 10.0 Å². The van der Waals surface area contributed by atoms with E-state index in [9.17, 15) is 12.8 Å². The highest BCUT2D eigenvalue weighted by Gasteiger charge is 2.25. The van der Waals surface area contributed by atoms with Crippen molar-refractivity contribution in [1.29, 1.82) is 0 Å². The molecule has 0 radical (unpaired) electrons. The van der Waals surface area contributed by atoms with E-state index in [4.69, 9.17) is 0 Å². The summed E-state index contributed by atoms with van der Waals surface area (Å²) in [4.78, 5) is 4.42. The zero-order valence-corrected chi connectivity index (χ0v) is 12.4. The quantitative estimate of drug-likeness (QED) is 0.910. The number of para-hydroxylation sites is 1. The molecule has 0 fully saturated rings. The molecular formula is C15H14FN3O2S. The number of guanidine groups is 1. The predicted octanol–water partition coefficient (Wildman–Crippen LogP) is 2.13. The van der Waals surface area contributed by atoms with Crippen LogP contribution in [0.15, 0.2) is 58.4 Å². The first-order chi connectivity index (χ1) is 10.5. The van der Waals surface area contributed by atoms with Crippen LogP contribution in [0.4, 0.5) is 10.1 Å². The number of rotatable bonds is 3. The molecule has 1 aliphatic heterocycles. The molecule has 0 unspecified atom stereocenters. The van der Waals surface area contributed by atoms with Crippen LogP contribution in [0.3, 0.4) is 0 Å². The second-order valence-electron chi connectivity index (χ2n) is 4.83. The van der Waals surface area contributed by atoms with Crippen LogP contribution >= 0.6 is 0 Å². The first-order valence-electron chi connectivity index (χ1n) is 6.72. The number of hydrogen-bond donors (Lipinski definition) is 2. The van der Waals surface area contributed by atoms with Crippen molar-refractivity contribution in [2.45, 2.75) is 11.3 Å². The first-order valence-corrected chi connectivity index (χ1v) is 8.21. The van der Waals surface area contributed by atoms with Gasteiger partial charge in [0, 0.05) is 6.54 Å². The second-order valence-corrected chi connectivity index (χ2v) is 6.48. The van der Waals surface area contributed by atoms with Gasteiger partial charge < -0.3 is 5.32 Å². The van der Waals surface area contributed by atoms with Gasteiger partial charge in [-0.05, 0) is 36.2 Å². The average Bonchev–Trinajstić information content (AvgIpc) is 2.49. The highest BCUT2D eigenvalue weighted by atomic mass is 32.2.